The summed E-state index contributed by atoms with van der Waals surface area (Å²) in [6, 6.07) is 17.5. The minimum atomic E-state index is 0.687. The lowest BCUT2D eigenvalue weighted by Crippen LogP contribution is -2.24. The maximum Gasteiger partial charge on any atom is 0.0343 e. The van der Waals surface area contributed by atoms with Crippen molar-refractivity contribution in [1.82, 2.24) is 0 Å². The molecule has 0 radical (unpaired) electrons. The van der Waals surface area contributed by atoms with E-state index in [0.717, 1.165) is 13.0 Å². The zero-order valence-corrected chi connectivity index (χ0v) is 10.8. The zero-order chi connectivity index (χ0) is 12.4. The molecule has 0 saturated carbocycles. The van der Waals surface area contributed by atoms with E-state index in [1.54, 1.807) is 0 Å². The molecule has 92 valence electrons. The van der Waals surface area contributed by atoms with Gasteiger partial charge < -0.3 is 5.32 Å². The average molecular weight is 237 g/mol. The predicted octanol–water partition coefficient (Wildman–Crippen LogP) is 4.00. The Hall–Kier alpha value is -1.76. The van der Waals surface area contributed by atoms with E-state index in [1.807, 2.05) is 0 Å². The van der Waals surface area contributed by atoms with Crippen molar-refractivity contribution in [2.24, 2.45) is 0 Å². The van der Waals surface area contributed by atoms with Crippen molar-refractivity contribution in [3.8, 4) is 0 Å². The van der Waals surface area contributed by atoms with Gasteiger partial charge in [-0.3, -0.25) is 0 Å². The van der Waals surface area contributed by atoms with Gasteiger partial charge in [-0.2, -0.15) is 0 Å². The van der Waals surface area contributed by atoms with Gasteiger partial charge in [0, 0.05) is 18.2 Å². The highest BCUT2D eigenvalue weighted by Crippen LogP contribution is 2.34. The molecule has 18 heavy (non-hydrogen) atoms. The highest BCUT2D eigenvalue weighted by molar-refractivity contribution is 5.48. The Morgan fingerprint density at radius 1 is 1.11 bits per heavy atom. The Bertz CT molecular complexity index is 545. The first-order valence-electron chi connectivity index (χ1n) is 6.77. The van der Waals surface area contributed by atoms with Gasteiger partial charge >= 0.3 is 0 Å². The van der Waals surface area contributed by atoms with E-state index >= 15 is 0 Å². The number of rotatable bonds is 4. The van der Waals surface area contributed by atoms with Crippen LogP contribution in [0, 0.1) is 0 Å². The molecule has 3 rings (SSSR count). The summed E-state index contributed by atoms with van der Waals surface area (Å²) < 4.78 is 0. The Kier molecular flexibility index (Phi) is 3.06. The second-order valence-electron chi connectivity index (χ2n) is 5.03. The predicted molar refractivity (Wildman–Crippen MR) is 77.2 cm³/mol. The number of anilines is 1. The highest BCUT2D eigenvalue weighted by Gasteiger charge is 2.24. The topological polar surface area (TPSA) is 12.0 Å². The van der Waals surface area contributed by atoms with E-state index in [4.69, 9.17) is 0 Å². The fourth-order valence-electron chi connectivity index (χ4n) is 2.69. The summed E-state index contributed by atoms with van der Waals surface area (Å²) >= 11 is 0. The Labute approximate surface area is 109 Å². The van der Waals surface area contributed by atoms with Gasteiger partial charge in [-0.15, -0.1) is 0 Å². The number of aryl methyl sites for hydroxylation is 1. The normalized spacial score (nSPS) is 16.8. The van der Waals surface area contributed by atoms with Crippen LogP contribution in [0.15, 0.2) is 48.5 Å². The van der Waals surface area contributed by atoms with Gasteiger partial charge in [0.1, 0.15) is 0 Å². The van der Waals surface area contributed by atoms with Crippen LogP contribution in [0.25, 0.3) is 0 Å². The van der Waals surface area contributed by atoms with E-state index in [2.05, 4.69) is 60.8 Å². The van der Waals surface area contributed by atoms with Crippen LogP contribution in [0.2, 0.25) is 0 Å². The van der Waals surface area contributed by atoms with Gasteiger partial charge in [0.2, 0.25) is 0 Å². The van der Waals surface area contributed by atoms with E-state index in [-0.39, 0.29) is 0 Å². The number of benzene rings is 2. The molecule has 1 atom stereocenters. The van der Waals surface area contributed by atoms with Gasteiger partial charge in [-0.05, 0) is 41.7 Å². The molecule has 0 heterocycles. The van der Waals surface area contributed by atoms with Gasteiger partial charge in [-0.25, -0.2) is 0 Å². The second kappa shape index (κ2) is 4.85. The highest BCUT2D eigenvalue weighted by atomic mass is 14.9. The molecule has 0 saturated heterocycles. The molecule has 0 aliphatic heterocycles. The minimum absolute atomic E-state index is 0.687. The molecule has 1 unspecified atom stereocenters. The maximum atomic E-state index is 3.56. The molecule has 1 nitrogen and oxygen atoms in total. The molecule has 1 aliphatic carbocycles. The largest absolute Gasteiger partial charge is 0.384 e. The molecule has 1 aliphatic rings. The first-order valence-corrected chi connectivity index (χ1v) is 6.77. The lowest BCUT2D eigenvalue weighted by Gasteiger charge is -2.30. The quantitative estimate of drug-likeness (QED) is 0.847. The van der Waals surface area contributed by atoms with Crippen LogP contribution in [-0.2, 0) is 12.8 Å². The Morgan fingerprint density at radius 3 is 2.83 bits per heavy atom. The summed E-state index contributed by atoms with van der Waals surface area (Å²) in [6.45, 7) is 3.24. The van der Waals surface area contributed by atoms with Crippen molar-refractivity contribution in [3.05, 3.63) is 65.2 Å². The maximum absolute atomic E-state index is 3.56. The number of fused-ring (bicyclic) bond motifs is 1. The van der Waals surface area contributed by atoms with Crippen LogP contribution < -0.4 is 5.32 Å². The van der Waals surface area contributed by atoms with Gasteiger partial charge in [0.05, 0.1) is 0 Å². The van der Waals surface area contributed by atoms with Gasteiger partial charge in [-0.1, -0.05) is 43.3 Å². The van der Waals surface area contributed by atoms with E-state index in [9.17, 15) is 0 Å². The van der Waals surface area contributed by atoms with Crippen molar-refractivity contribution in [1.29, 1.82) is 0 Å². The lowest BCUT2D eigenvalue weighted by molar-refractivity contribution is 0.636. The monoisotopic (exact) mass is 237 g/mol. The smallest absolute Gasteiger partial charge is 0.0343 e. The van der Waals surface area contributed by atoms with Gasteiger partial charge in [0.15, 0.2) is 0 Å². The summed E-state index contributed by atoms with van der Waals surface area (Å²) in [4.78, 5) is 0. The molecule has 0 aromatic heterocycles. The van der Waals surface area contributed by atoms with E-state index < -0.39 is 0 Å². The molecule has 1 heteroatoms. The third-order valence-electron chi connectivity index (χ3n) is 3.85. The van der Waals surface area contributed by atoms with Crippen LogP contribution in [0.4, 0.5) is 5.69 Å². The summed E-state index contributed by atoms with van der Waals surface area (Å²) in [5, 5.41) is 3.56. The molecule has 0 fully saturated rings. The standard InChI is InChI=1S/C17H19N/c1-2-13-6-5-8-16(10-13)18-12-15-11-14-7-3-4-9-17(14)15/h3-10,15,18H,2,11-12H2,1H3. The van der Waals surface area contributed by atoms with E-state index in [1.165, 1.54) is 28.8 Å². The van der Waals surface area contributed by atoms with Crippen molar-refractivity contribution >= 4 is 5.69 Å². The summed E-state index contributed by atoms with van der Waals surface area (Å²) in [5.74, 6) is 0.687. The van der Waals surface area contributed by atoms with Crippen molar-refractivity contribution < 1.29 is 0 Å². The first-order chi connectivity index (χ1) is 8.86. The fourth-order valence-corrected chi connectivity index (χ4v) is 2.69. The number of hydrogen-bond donors (Lipinski definition) is 1. The van der Waals surface area contributed by atoms with Crippen LogP contribution >= 0.6 is 0 Å². The molecule has 0 spiro atoms. The minimum Gasteiger partial charge on any atom is -0.384 e. The number of hydrogen-bond acceptors (Lipinski definition) is 1. The van der Waals surface area contributed by atoms with Crippen molar-refractivity contribution in [2.45, 2.75) is 25.7 Å². The fraction of sp³-hybridized carbons (Fsp3) is 0.294. The van der Waals surface area contributed by atoms with Gasteiger partial charge in [0.25, 0.3) is 0 Å². The zero-order valence-electron chi connectivity index (χ0n) is 10.8. The summed E-state index contributed by atoms with van der Waals surface area (Å²) in [7, 11) is 0. The molecule has 0 amide bonds. The second-order valence-corrected chi connectivity index (χ2v) is 5.03. The molecule has 2 aromatic rings. The van der Waals surface area contributed by atoms with Crippen molar-refractivity contribution in [2.75, 3.05) is 11.9 Å². The van der Waals surface area contributed by atoms with Crippen LogP contribution in [0.5, 0.6) is 0 Å². The first kappa shape index (κ1) is 11.3. The summed E-state index contributed by atoms with van der Waals surface area (Å²) in [6.07, 6.45) is 2.32. The molecular weight excluding hydrogens is 218 g/mol. The third kappa shape index (κ3) is 2.13. The molecule has 2 aromatic carbocycles. The SMILES string of the molecule is CCc1cccc(NCC2Cc3ccccc32)c1. The van der Waals surface area contributed by atoms with Crippen LogP contribution in [-0.4, -0.2) is 6.54 Å². The molecule has 1 N–H and O–H groups in total. The van der Waals surface area contributed by atoms with Crippen molar-refractivity contribution in [3.63, 3.8) is 0 Å². The molecular formula is C17H19N. The van der Waals surface area contributed by atoms with Crippen LogP contribution in [0.3, 0.4) is 0 Å². The summed E-state index contributed by atoms with van der Waals surface area (Å²) in [5.41, 5.74) is 5.69. The number of nitrogens with one attached hydrogen (secondary N) is 1. The Morgan fingerprint density at radius 2 is 2.00 bits per heavy atom. The third-order valence-corrected chi connectivity index (χ3v) is 3.85. The Balaban J connectivity index is 1.63. The molecule has 0 bridgehead atoms. The lowest BCUT2D eigenvalue weighted by atomic mass is 9.77. The average Bonchev–Trinajstić information content (AvgIpc) is 2.40. The van der Waals surface area contributed by atoms with E-state index in [0.29, 0.717) is 5.92 Å². The van der Waals surface area contributed by atoms with Crippen LogP contribution in [0.1, 0.15) is 29.5 Å².